The lowest BCUT2D eigenvalue weighted by Gasteiger charge is -2.42. The van der Waals surface area contributed by atoms with E-state index < -0.39 is 0 Å². The van der Waals surface area contributed by atoms with Crippen molar-refractivity contribution in [3.8, 4) is 22.4 Å². The molecule has 1 nitrogen and oxygen atoms in total. The highest BCUT2D eigenvalue weighted by Crippen LogP contribution is 2.47. The van der Waals surface area contributed by atoms with Gasteiger partial charge >= 0.3 is 0 Å². The molecule has 3 aliphatic carbocycles. The van der Waals surface area contributed by atoms with Crippen LogP contribution in [0.3, 0.4) is 0 Å². The van der Waals surface area contributed by atoms with Gasteiger partial charge in [0.05, 0.1) is 5.69 Å². The van der Waals surface area contributed by atoms with Gasteiger partial charge in [-0.1, -0.05) is 61.4 Å². The fourth-order valence-corrected chi connectivity index (χ4v) is 8.57. The average Bonchev–Trinajstić information content (AvgIpc) is 3.29. The van der Waals surface area contributed by atoms with E-state index >= 15 is 0 Å². The highest BCUT2D eigenvalue weighted by molar-refractivity contribution is 7.26. The first kappa shape index (κ1) is 22.2. The molecule has 0 radical (unpaired) electrons. The minimum atomic E-state index is 0.868. The van der Waals surface area contributed by atoms with Crippen molar-refractivity contribution < 1.29 is 0 Å². The van der Waals surface area contributed by atoms with Crippen LogP contribution in [0.2, 0.25) is 0 Å². The van der Waals surface area contributed by atoms with Crippen LogP contribution in [0.5, 0.6) is 0 Å². The summed E-state index contributed by atoms with van der Waals surface area (Å²) >= 11 is 1.92. The molecule has 3 fully saturated rings. The summed E-state index contributed by atoms with van der Waals surface area (Å²) in [5.41, 5.74) is 9.25. The summed E-state index contributed by atoms with van der Waals surface area (Å²) in [4.78, 5) is 4.89. The number of aryl methyl sites for hydroxylation is 2. The third-order valence-electron chi connectivity index (χ3n) is 9.07. The highest BCUT2D eigenvalue weighted by Gasteiger charge is 2.35. The van der Waals surface area contributed by atoms with Crippen LogP contribution in [-0.4, -0.2) is 4.98 Å². The van der Waals surface area contributed by atoms with Gasteiger partial charge in [0.2, 0.25) is 0 Å². The van der Waals surface area contributed by atoms with Gasteiger partial charge in [0.1, 0.15) is 0 Å². The lowest BCUT2D eigenvalue weighted by atomic mass is 9.63. The third kappa shape index (κ3) is 3.69. The van der Waals surface area contributed by atoms with Gasteiger partial charge in [0, 0.05) is 31.9 Å². The van der Waals surface area contributed by atoms with E-state index in [1.807, 2.05) is 17.5 Å². The Morgan fingerprint density at radius 3 is 2.36 bits per heavy atom. The first-order valence-electron chi connectivity index (χ1n) is 13.6. The number of thiophene rings is 1. The Labute approximate surface area is 218 Å². The van der Waals surface area contributed by atoms with Crippen molar-refractivity contribution in [1.29, 1.82) is 0 Å². The largest absolute Gasteiger partial charge is 0.256 e. The average molecular weight is 488 g/mol. The summed E-state index contributed by atoms with van der Waals surface area (Å²) in [6, 6.07) is 24.9. The van der Waals surface area contributed by atoms with Gasteiger partial charge in [-0.15, -0.1) is 11.3 Å². The molecule has 3 aromatic carbocycles. The van der Waals surface area contributed by atoms with Crippen molar-refractivity contribution in [1.82, 2.24) is 4.98 Å². The van der Waals surface area contributed by atoms with Crippen molar-refractivity contribution in [2.24, 2.45) is 17.8 Å². The number of aromatic nitrogens is 1. The highest BCUT2D eigenvalue weighted by atomic mass is 32.1. The molecule has 2 bridgehead atoms. The van der Waals surface area contributed by atoms with Crippen LogP contribution in [0, 0.1) is 31.6 Å². The number of fused-ring (bicyclic) bond motifs is 6. The van der Waals surface area contributed by atoms with Crippen LogP contribution < -0.4 is 0 Å². The van der Waals surface area contributed by atoms with Gasteiger partial charge in [0.15, 0.2) is 0 Å². The first-order chi connectivity index (χ1) is 17.7. The van der Waals surface area contributed by atoms with Gasteiger partial charge in [-0.25, -0.2) is 0 Å². The van der Waals surface area contributed by atoms with E-state index in [1.165, 1.54) is 92.1 Å². The van der Waals surface area contributed by atoms with Gasteiger partial charge < -0.3 is 0 Å². The second-order valence-corrected chi connectivity index (χ2v) is 12.3. The Balaban J connectivity index is 1.33. The van der Waals surface area contributed by atoms with E-state index in [2.05, 4.69) is 80.6 Å². The molecule has 1 atom stereocenters. The van der Waals surface area contributed by atoms with Crippen molar-refractivity contribution in [3.63, 3.8) is 0 Å². The molecule has 3 aliphatic rings. The zero-order valence-corrected chi connectivity index (χ0v) is 22.1. The third-order valence-corrected chi connectivity index (χ3v) is 10.3. The summed E-state index contributed by atoms with van der Waals surface area (Å²) in [5.74, 6) is 2.80. The van der Waals surface area contributed by atoms with Crippen molar-refractivity contribution >= 4 is 31.5 Å². The first-order valence-corrected chi connectivity index (χ1v) is 14.4. The van der Waals surface area contributed by atoms with Crippen molar-refractivity contribution in [2.45, 2.75) is 52.4 Å². The number of hydrogen-bond acceptors (Lipinski definition) is 2. The van der Waals surface area contributed by atoms with Gasteiger partial charge in [-0.3, -0.25) is 4.98 Å². The minimum absolute atomic E-state index is 0.868. The minimum Gasteiger partial charge on any atom is -0.256 e. The fourth-order valence-electron chi connectivity index (χ4n) is 7.31. The maximum Gasteiger partial charge on any atom is 0.0719 e. The molecule has 36 heavy (non-hydrogen) atoms. The number of rotatable bonds is 4. The zero-order valence-electron chi connectivity index (χ0n) is 21.3. The molecule has 0 saturated heterocycles. The van der Waals surface area contributed by atoms with E-state index in [0.717, 1.165) is 23.4 Å². The Kier molecular flexibility index (Phi) is 5.47. The predicted octanol–water partition coefficient (Wildman–Crippen LogP) is 9.77. The summed E-state index contributed by atoms with van der Waals surface area (Å²) in [6.45, 7) is 4.46. The monoisotopic (exact) mass is 487 g/mol. The molecule has 8 rings (SSSR count). The normalized spacial score (nSPS) is 21.4. The maximum atomic E-state index is 4.89. The molecule has 180 valence electrons. The van der Waals surface area contributed by atoms with Gasteiger partial charge in [0.25, 0.3) is 0 Å². The van der Waals surface area contributed by atoms with Crippen LogP contribution in [0.25, 0.3) is 42.6 Å². The lowest BCUT2D eigenvalue weighted by Crippen LogP contribution is -2.32. The molecule has 0 spiro atoms. The van der Waals surface area contributed by atoms with E-state index in [9.17, 15) is 0 Å². The summed E-state index contributed by atoms with van der Waals surface area (Å²) < 4.78 is 2.71. The van der Waals surface area contributed by atoms with Gasteiger partial charge in [-0.2, -0.15) is 0 Å². The van der Waals surface area contributed by atoms with E-state index in [-0.39, 0.29) is 0 Å². The van der Waals surface area contributed by atoms with Crippen molar-refractivity contribution in [3.05, 3.63) is 89.6 Å². The van der Waals surface area contributed by atoms with Crippen LogP contribution in [0.4, 0.5) is 0 Å². The Hall–Kier alpha value is -2.97. The molecule has 0 aliphatic heterocycles. The van der Waals surface area contributed by atoms with Crippen LogP contribution in [0.15, 0.2) is 72.9 Å². The number of nitrogens with zero attached hydrogens (tertiary/aromatic N) is 1. The molecule has 2 heteroatoms. The van der Waals surface area contributed by atoms with Gasteiger partial charge in [-0.05, 0) is 103 Å². The standard InChI is InChI=1S/C34H33NS/c1-21-6-3-7-22(2)32(21)28-9-5-11-31-33(28)29-10-4-8-27(34(29)36-31)30-20-24(16-17-35-30)19-26-18-23-12-14-25(26)15-13-23/h3-11,16-17,20,23,25-26H,12-15,18-19H2,1-2H3. The summed E-state index contributed by atoms with van der Waals surface area (Å²) in [6.07, 6.45) is 10.6. The van der Waals surface area contributed by atoms with Crippen LogP contribution in [-0.2, 0) is 6.42 Å². The van der Waals surface area contributed by atoms with Crippen LogP contribution in [0.1, 0.15) is 48.8 Å². The summed E-state index contributed by atoms with van der Waals surface area (Å²) in [5, 5.41) is 2.73. The number of hydrogen-bond donors (Lipinski definition) is 0. The molecule has 0 amide bonds. The van der Waals surface area contributed by atoms with E-state index in [4.69, 9.17) is 4.98 Å². The Morgan fingerprint density at radius 2 is 1.58 bits per heavy atom. The molecular weight excluding hydrogens is 454 g/mol. The molecule has 2 aromatic heterocycles. The van der Waals surface area contributed by atoms with E-state index in [1.54, 1.807) is 0 Å². The SMILES string of the molecule is Cc1cccc(C)c1-c1cccc2sc3c(-c4cc(CC5CC6CCC5CC6)ccn4)cccc3c12. The molecule has 0 N–H and O–H groups in total. The molecule has 5 aromatic rings. The number of benzene rings is 3. The molecule has 2 heterocycles. The zero-order chi connectivity index (χ0) is 24.2. The fraction of sp³-hybridized carbons (Fsp3) is 0.324. The quantitative estimate of drug-likeness (QED) is 0.246. The molecule has 3 saturated carbocycles. The van der Waals surface area contributed by atoms with Crippen molar-refractivity contribution in [2.75, 3.05) is 0 Å². The maximum absolute atomic E-state index is 4.89. The smallest absolute Gasteiger partial charge is 0.0719 e. The second-order valence-electron chi connectivity index (χ2n) is 11.3. The number of pyridine rings is 1. The lowest BCUT2D eigenvalue weighted by molar-refractivity contribution is 0.0991. The second kappa shape index (κ2) is 8.85. The summed E-state index contributed by atoms with van der Waals surface area (Å²) in [7, 11) is 0. The molecule has 1 unspecified atom stereocenters. The Morgan fingerprint density at radius 1 is 0.833 bits per heavy atom. The Bertz CT molecular complexity index is 1560. The topological polar surface area (TPSA) is 12.9 Å². The predicted molar refractivity (Wildman–Crippen MR) is 155 cm³/mol. The van der Waals surface area contributed by atoms with E-state index in [0.29, 0.717) is 0 Å². The van der Waals surface area contributed by atoms with Crippen LogP contribution >= 0.6 is 11.3 Å². The molecular formula is C34H33NS.